The summed E-state index contributed by atoms with van der Waals surface area (Å²) >= 11 is 1.70. The van der Waals surface area contributed by atoms with E-state index in [1.165, 1.54) is 11.3 Å². The number of aromatic nitrogens is 2. The maximum absolute atomic E-state index is 12.3. The lowest BCUT2D eigenvalue weighted by Gasteiger charge is -2.28. The van der Waals surface area contributed by atoms with Gasteiger partial charge in [-0.15, -0.1) is 11.3 Å². The van der Waals surface area contributed by atoms with E-state index in [1.807, 2.05) is 11.0 Å². The summed E-state index contributed by atoms with van der Waals surface area (Å²) in [6.45, 7) is 1.55. The molecule has 2 fully saturated rings. The molecule has 2 aromatic rings. The molecule has 0 spiro atoms. The summed E-state index contributed by atoms with van der Waals surface area (Å²) in [7, 11) is 0. The Kier molecular flexibility index (Phi) is 3.70. The van der Waals surface area contributed by atoms with Gasteiger partial charge in [0.25, 0.3) is 0 Å². The number of nitrogens with zero attached hydrogens (tertiary/aromatic N) is 3. The van der Waals surface area contributed by atoms with Gasteiger partial charge in [-0.1, -0.05) is 17.6 Å². The molecule has 6 heteroatoms. The molecule has 5 nitrogen and oxygen atoms in total. The minimum atomic E-state index is 0.202. The fourth-order valence-electron chi connectivity index (χ4n) is 3.15. The van der Waals surface area contributed by atoms with Gasteiger partial charge in [-0.05, 0) is 30.7 Å². The number of carbonyl (C=O) groups excluding carboxylic acids is 1. The summed E-state index contributed by atoms with van der Waals surface area (Å²) in [6, 6.07) is 4.11. The highest BCUT2D eigenvalue weighted by atomic mass is 32.1. The Morgan fingerprint density at radius 1 is 1.41 bits per heavy atom. The van der Waals surface area contributed by atoms with Gasteiger partial charge in [-0.2, -0.15) is 4.98 Å². The fraction of sp³-hybridized carbons (Fsp3) is 0.562. The van der Waals surface area contributed by atoms with Crippen LogP contribution >= 0.6 is 11.3 Å². The third-order valence-electron chi connectivity index (χ3n) is 4.70. The second kappa shape index (κ2) is 5.83. The topological polar surface area (TPSA) is 59.2 Å². The summed E-state index contributed by atoms with van der Waals surface area (Å²) < 4.78 is 5.43. The molecule has 1 aliphatic heterocycles. The number of likely N-dealkylation sites (tertiary alicyclic amines) is 1. The van der Waals surface area contributed by atoms with Crippen LogP contribution in [-0.2, 0) is 11.2 Å². The lowest BCUT2D eigenvalue weighted by atomic mass is 9.84. The molecule has 2 aromatic heterocycles. The van der Waals surface area contributed by atoms with Crippen molar-refractivity contribution in [3.8, 4) is 0 Å². The van der Waals surface area contributed by atoms with Crippen LogP contribution in [0.1, 0.15) is 48.2 Å². The molecule has 1 atom stereocenters. The van der Waals surface area contributed by atoms with Gasteiger partial charge in [0.1, 0.15) is 0 Å². The molecule has 0 N–H and O–H groups in total. The molecule has 0 aromatic carbocycles. The van der Waals surface area contributed by atoms with E-state index in [4.69, 9.17) is 4.52 Å². The van der Waals surface area contributed by atoms with Crippen LogP contribution in [0.15, 0.2) is 22.0 Å². The Labute approximate surface area is 133 Å². The van der Waals surface area contributed by atoms with Crippen LogP contribution in [0.25, 0.3) is 0 Å². The Hall–Kier alpha value is -1.69. The molecule has 1 saturated heterocycles. The average molecular weight is 317 g/mol. The Bertz CT molecular complexity index is 648. The van der Waals surface area contributed by atoms with Gasteiger partial charge < -0.3 is 9.42 Å². The van der Waals surface area contributed by atoms with E-state index in [0.29, 0.717) is 11.8 Å². The van der Waals surface area contributed by atoms with Gasteiger partial charge in [0, 0.05) is 30.3 Å². The molecule has 4 rings (SSSR count). The minimum absolute atomic E-state index is 0.202. The van der Waals surface area contributed by atoms with Crippen LogP contribution in [0.2, 0.25) is 0 Å². The SMILES string of the molecule is O=C(C1CCC1)N1CCC(c2nc(Cc3cccs3)no2)C1. The van der Waals surface area contributed by atoms with Gasteiger partial charge in [-0.25, -0.2) is 0 Å². The molecule has 0 bridgehead atoms. The Morgan fingerprint density at radius 2 is 2.32 bits per heavy atom. The molecule has 22 heavy (non-hydrogen) atoms. The lowest BCUT2D eigenvalue weighted by Crippen LogP contribution is -2.37. The van der Waals surface area contributed by atoms with Crippen LogP contribution in [0.3, 0.4) is 0 Å². The minimum Gasteiger partial charge on any atom is -0.342 e. The first-order chi connectivity index (χ1) is 10.8. The summed E-state index contributed by atoms with van der Waals surface area (Å²) in [5.41, 5.74) is 0. The van der Waals surface area contributed by atoms with Crippen molar-refractivity contribution < 1.29 is 9.32 Å². The molecular formula is C16H19N3O2S. The van der Waals surface area contributed by atoms with Crippen molar-refractivity contribution in [1.29, 1.82) is 0 Å². The normalized spacial score (nSPS) is 22.0. The first-order valence-electron chi connectivity index (χ1n) is 7.93. The fourth-order valence-corrected chi connectivity index (χ4v) is 3.85. The van der Waals surface area contributed by atoms with Crippen molar-refractivity contribution in [3.63, 3.8) is 0 Å². The van der Waals surface area contributed by atoms with Crippen LogP contribution in [0.4, 0.5) is 0 Å². The third-order valence-corrected chi connectivity index (χ3v) is 5.58. The molecule has 1 saturated carbocycles. The molecule has 116 valence electrons. The van der Waals surface area contributed by atoms with E-state index in [0.717, 1.165) is 44.6 Å². The van der Waals surface area contributed by atoms with Crippen molar-refractivity contribution >= 4 is 17.2 Å². The zero-order valence-corrected chi connectivity index (χ0v) is 13.2. The molecule has 1 amide bonds. The van der Waals surface area contributed by atoms with E-state index >= 15 is 0 Å². The predicted octanol–water partition coefficient (Wildman–Crippen LogP) is 2.84. The maximum atomic E-state index is 12.3. The average Bonchev–Trinajstić information content (AvgIpc) is 3.17. The van der Waals surface area contributed by atoms with Gasteiger partial charge >= 0.3 is 0 Å². The predicted molar refractivity (Wildman–Crippen MR) is 82.7 cm³/mol. The standard InChI is InChI=1S/C16H19N3O2S/c20-16(11-3-1-4-11)19-7-6-12(10-19)15-17-14(18-21-15)9-13-5-2-8-22-13/h2,5,8,11-12H,1,3-4,6-7,9-10H2. The van der Waals surface area contributed by atoms with Gasteiger partial charge in [-0.3, -0.25) is 4.79 Å². The zero-order valence-electron chi connectivity index (χ0n) is 12.4. The number of carbonyl (C=O) groups is 1. The van der Waals surface area contributed by atoms with E-state index in [2.05, 4.69) is 21.6 Å². The van der Waals surface area contributed by atoms with Crippen LogP contribution in [0.5, 0.6) is 0 Å². The smallest absolute Gasteiger partial charge is 0.231 e. The van der Waals surface area contributed by atoms with Crippen molar-refractivity contribution in [1.82, 2.24) is 15.0 Å². The molecular weight excluding hydrogens is 298 g/mol. The number of thiophene rings is 1. The van der Waals surface area contributed by atoms with E-state index < -0.39 is 0 Å². The maximum Gasteiger partial charge on any atom is 0.231 e. The van der Waals surface area contributed by atoms with Crippen molar-refractivity contribution in [2.75, 3.05) is 13.1 Å². The van der Waals surface area contributed by atoms with Crippen LogP contribution in [-0.4, -0.2) is 34.0 Å². The zero-order chi connectivity index (χ0) is 14.9. The van der Waals surface area contributed by atoms with Crippen molar-refractivity contribution in [2.24, 2.45) is 5.92 Å². The molecule has 3 heterocycles. The monoisotopic (exact) mass is 317 g/mol. The second-order valence-corrected chi connectivity index (χ2v) is 7.23. The molecule has 2 aliphatic rings. The number of rotatable bonds is 4. The second-order valence-electron chi connectivity index (χ2n) is 6.20. The summed E-state index contributed by atoms with van der Waals surface area (Å²) in [5, 5.41) is 6.14. The van der Waals surface area contributed by atoms with E-state index in [-0.39, 0.29) is 11.8 Å². The highest BCUT2D eigenvalue weighted by Crippen LogP contribution is 2.32. The lowest BCUT2D eigenvalue weighted by molar-refractivity contribution is -0.137. The van der Waals surface area contributed by atoms with Gasteiger partial charge in [0.15, 0.2) is 5.82 Å². The largest absolute Gasteiger partial charge is 0.342 e. The third kappa shape index (κ3) is 2.67. The van der Waals surface area contributed by atoms with Crippen LogP contribution < -0.4 is 0 Å². The molecule has 1 unspecified atom stereocenters. The van der Waals surface area contributed by atoms with Crippen molar-refractivity contribution in [2.45, 2.75) is 38.0 Å². The van der Waals surface area contributed by atoms with Gasteiger partial charge in [0.2, 0.25) is 11.8 Å². The Balaban J connectivity index is 1.38. The summed E-state index contributed by atoms with van der Waals surface area (Å²) in [5.74, 6) is 2.23. The van der Waals surface area contributed by atoms with E-state index in [1.54, 1.807) is 11.3 Å². The molecule has 0 radical (unpaired) electrons. The number of hydrogen-bond donors (Lipinski definition) is 0. The Morgan fingerprint density at radius 3 is 3.05 bits per heavy atom. The highest BCUT2D eigenvalue weighted by Gasteiger charge is 2.35. The first kappa shape index (κ1) is 13.9. The summed E-state index contributed by atoms with van der Waals surface area (Å²) in [6.07, 6.45) is 4.97. The van der Waals surface area contributed by atoms with Crippen molar-refractivity contribution in [3.05, 3.63) is 34.1 Å². The first-order valence-corrected chi connectivity index (χ1v) is 8.81. The highest BCUT2D eigenvalue weighted by molar-refractivity contribution is 7.09. The van der Waals surface area contributed by atoms with Crippen LogP contribution in [0, 0.1) is 5.92 Å². The number of amides is 1. The summed E-state index contributed by atoms with van der Waals surface area (Å²) in [4.78, 5) is 20.0. The van der Waals surface area contributed by atoms with Gasteiger partial charge in [0.05, 0.1) is 5.92 Å². The van der Waals surface area contributed by atoms with E-state index in [9.17, 15) is 4.79 Å². The molecule has 1 aliphatic carbocycles. The number of hydrogen-bond acceptors (Lipinski definition) is 5. The quantitative estimate of drug-likeness (QED) is 0.870.